The van der Waals surface area contributed by atoms with Crippen molar-refractivity contribution in [1.29, 1.82) is 5.26 Å². The van der Waals surface area contributed by atoms with Crippen molar-refractivity contribution >= 4 is 39.9 Å². The molecule has 6 nitrogen and oxygen atoms in total. The molecule has 6 rings (SSSR count). The first-order chi connectivity index (χ1) is 17.4. The average Bonchev–Trinajstić information content (AvgIpc) is 3.44. The number of nitrogens with one attached hydrogen (secondary N) is 1. The topological polar surface area (TPSA) is 73.5 Å². The Hall–Kier alpha value is -3.79. The summed E-state index contributed by atoms with van der Waals surface area (Å²) in [5.41, 5.74) is 9.14. The van der Waals surface area contributed by atoms with Gasteiger partial charge in [-0.2, -0.15) is 10.4 Å². The molecule has 0 saturated carbocycles. The number of nitrogens with zero attached hydrogens (tertiary/aromatic N) is 5. The molecule has 0 amide bonds. The fourth-order valence-corrected chi connectivity index (χ4v) is 5.65. The Morgan fingerprint density at radius 2 is 1.89 bits per heavy atom. The van der Waals surface area contributed by atoms with Crippen LogP contribution in [0.3, 0.4) is 0 Å². The van der Waals surface area contributed by atoms with Gasteiger partial charge >= 0.3 is 0 Å². The number of aromatic amines is 1. The summed E-state index contributed by atoms with van der Waals surface area (Å²) in [5, 5.41) is 16.7. The van der Waals surface area contributed by atoms with Gasteiger partial charge in [0.25, 0.3) is 0 Å². The molecule has 2 aromatic carbocycles. The van der Waals surface area contributed by atoms with E-state index in [1.807, 2.05) is 6.07 Å². The van der Waals surface area contributed by atoms with Crippen LogP contribution in [0.2, 0.25) is 10.0 Å². The minimum Gasteiger partial charge on any atom is -0.360 e. The molecule has 1 aliphatic heterocycles. The van der Waals surface area contributed by atoms with Crippen molar-refractivity contribution in [2.45, 2.75) is 26.8 Å². The van der Waals surface area contributed by atoms with E-state index in [2.05, 4.69) is 69.8 Å². The van der Waals surface area contributed by atoms with Crippen LogP contribution >= 0.6 is 23.2 Å². The predicted molar refractivity (Wildman–Crippen MR) is 144 cm³/mol. The highest BCUT2D eigenvalue weighted by atomic mass is 35.5. The highest BCUT2D eigenvalue weighted by Gasteiger charge is 2.29. The van der Waals surface area contributed by atoms with E-state index in [1.54, 1.807) is 18.5 Å². The molecule has 0 unspecified atom stereocenters. The van der Waals surface area contributed by atoms with Gasteiger partial charge in [-0.25, -0.2) is 9.67 Å². The van der Waals surface area contributed by atoms with Crippen LogP contribution in [0.15, 0.2) is 54.9 Å². The lowest BCUT2D eigenvalue weighted by Gasteiger charge is -2.28. The summed E-state index contributed by atoms with van der Waals surface area (Å²) in [4.78, 5) is 9.89. The van der Waals surface area contributed by atoms with Crippen molar-refractivity contribution in [3.63, 3.8) is 0 Å². The lowest BCUT2D eigenvalue weighted by atomic mass is 9.98. The number of hydrogen-bond acceptors (Lipinski definition) is 4. The second kappa shape index (κ2) is 8.70. The molecule has 0 fully saturated rings. The fraction of sp³-hybridized carbons (Fsp3) is 0.179. The first-order valence-electron chi connectivity index (χ1n) is 11.7. The third kappa shape index (κ3) is 3.63. The summed E-state index contributed by atoms with van der Waals surface area (Å²) in [7, 11) is 0. The number of halogens is 2. The van der Waals surface area contributed by atoms with Gasteiger partial charge in [-0.1, -0.05) is 47.5 Å². The lowest BCUT2D eigenvalue weighted by Crippen LogP contribution is -2.31. The monoisotopic (exact) mass is 512 g/mol. The molecule has 0 atom stereocenters. The van der Waals surface area contributed by atoms with Crippen molar-refractivity contribution in [2.75, 3.05) is 11.4 Å². The standard InChI is InChI=1S/C28H22Cl2N6/c1-16-4-3-5-17(2)26(16)36-27(18-6-7-24-21(10-18)19(12-31)13-32-24)22-15-35(9-8-25(22)34-36)28-23(30)11-20(29)14-33-28/h3-7,10-11,13-14,32H,8-9,15H2,1-2H3. The van der Waals surface area contributed by atoms with Gasteiger partial charge in [0.15, 0.2) is 0 Å². The molecule has 5 aromatic rings. The van der Waals surface area contributed by atoms with Crippen LogP contribution in [-0.2, 0) is 13.0 Å². The molecular weight excluding hydrogens is 491 g/mol. The zero-order valence-corrected chi connectivity index (χ0v) is 21.3. The largest absolute Gasteiger partial charge is 0.360 e. The van der Waals surface area contributed by atoms with E-state index in [4.69, 9.17) is 28.3 Å². The van der Waals surface area contributed by atoms with E-state index in [1.165, 1.54) is 0 Å². The van der Waals surface area contributed by atoms with Crippen LogP contribution < -0.4 is 4.90 Å². The molecule has 178 valence electrons. The minimum absolute atomic E-state index is 0.512. The summed E-state index contributed by atoms with van der Waals surface area (Å²) >= 11 is 12.6. The van der Waals surface area contributed by atoms with Crippen molar-refractivity contribution in [2.24, 2.45) is 0 Å². The quantitative estimate of drug-likeness (QED) is 0.289. The Morgan fingerprint density at radius 3 is 2.64 bits per heavy atom. The van der Waals surface area contributed by atoms with Gasteiger partial charge in [0.2, 0.25) is 0 Å². The average molecular weight is 513 g/mol. The Labute approximate surface area is 218 Å². The second-order valence-corrected chi connectivity index (χ2v) is 9.97. The molecule has 8 heteroatoms. The predicted octanol–water partition coefficient (Wildman–Crippen LogP) is 6.77. The van der Waals surface area contributed by atoms with Crippen molar-refractivity contribution in [3.05, 3.63) is 92.9 Å². The number of pyridine rings is 1. The number of nitriles is 1. The SMILES string of the molecule is Cc1cccc(C)c1-n1nc2c(c1-c1ccc3[nH]cc(C#N)c3c1)CN(c1ncc(Cl)cc1Cl)CC2. The molecule has 4 heterocycles. The number of rotatable bonds is 3. The Morgan fingerprint density at radius 1 is 1.08 bits per heavy atom. The molecule has 0 bridgehead atoms. The zero-order valence-electron chi connectivity index (χ0n) is 19.8. The van der Waals surface area contributed by atoms with Gasteiger partial charge in [0.1, 0.15) is 11.9 Å². The van der Waals surface area contributed by atoms with Crippen LogP contribution in [0, 0.1) is 25.2 Å². The van der Waals surface area contributed by atoms with E-state index >= 15 is 0 Å². The summed E-state index contributed by atoms with van der Waals surface area (Å²) in [6.45, 7) is 5.58. The third-order valence-electron chi connectivity index (χ3n) is 6.85. The third-order valence-corrected chi connectivity index (χ3v) is 7.33. The minimum atomic E-state index is 0.512. The summed E-state index contributed by atoms with van der Waals surface area (Å²) in [6, 6.07) is 16.5. The van der Waals surface area contributed by atoms with Gasteiger partial charge < -0.3 is 9.88 Å². The molecule has 0 aliphatic carbocycles. The van der Waals surface area contributed by atoms with Crippen LogP contribution in [0.25, 0.3) is 27.8 Å². The molecule has 1 N–H and O–H groups in total. The molecule has 0 saturated heterocycles. The van der Waals surface area contributed by atoms with Gasteiger partial charge in [-0.05, 0) is 43.2 Å². The molecule has 36 heavy (non-hydrogen) atoms. The van der Waals surface area contributed by atoms with E-state index in [0.29, 0.717) is 28.0 Å². The first-order valence-corrected chi connectivity index (χ1v) is 12.4. The Balaban J connectivity index is 1.57. The van der Waals surface area contributed by atoms with Crippen LogP contribution in [0.1, 0.15) is 27.9 Å². The maximum absolute atomic E-state index is 9.63. The molecule has 0 spiro atoms. The van der Waals surface area contributed by atoms with Gasteiger partial charge in [0, 0.05) is 53.9 Å². The fourth-order valence-electron chi connectivity index (χ4n) is 5.15. The van der Waals surface area contributed by atoms with Gasteiger partial charge in [-0.15, -0.1) is 0 Å². The first kappa shape index (κ1) is 22.7. The van der Waals surface area contributed by atoms with E-state index in [-0.39, 0.29) is 0 Å². The number of H-pyrrole nitrogens is 1. The van der Waals surface area contributed by atoms with Crippen molar-refractivity contribution in [1.82, 2.24) is 19.7 Å². The molecule has 3 aromatic heterocycles. The normalized spacial score (nSPS) is 13.1. The van der Waals surface area contributed by atoms with E-state index in [0.717, 1.165) is 63.2 Å². The van der Waals surface area contributed by atoms with Crippen molar-refractivity contribution in [3.8, 4) is 23.0 Å². The number of aryl methyl sites for hydroxylation is 2. The van der Waals surface area contributed by atoms with E-state index < -0.39 is 0 Å². The van der Waals surface area contributed by atoms with Crippen LogP contribution in [0.4, 0.5) is 5.82 Å². The van der Waals surface area contributed by atoms with Crippen molar-refractivity contribution < 1.29 is 0 Å². The number of hydrogen-bond donors (Lipinski definition) is 1. The zero-order chi connectivity index (χ0) is 25.0. The van der Waals surface area contributed by atoms with Crippen LogP contribution in [-0.4, -0.2) is 26.3 Å². The summed E-state index contributed by atoms with van der Waals surface area (Å²) in [6.07, 6.45) is 4.14. The highest BCUT2D eigenvalue weighted by molar-refractivity contribution is 6.36. The van der Waals surface area contributed by atoms with Crippen LogP contribution in [0.5, 0.6) is 0 Å². The maximum Gasteiger partial charge on any atom is 0.147 e. The second-order valence-electron chi connectivity index (χ2n) is 9.13. The highest BCUT2D eigenvalue weighted by Crippen LogP contribution is 2.38. The summed E-state index contributed by atoms with van der Waals surface area (Å²) < 4.78 is 2.08. The number of anilines is 1. The number of aromatic nitrogens is 4. The lowest BCUT2D eigenvalue weighted by molar-refractivity contribution is 0.706. The summed E-state index contributed by atoms with van der Waals surface area (Å²) in [5.74, 6) is 0.713. The Kier molecular flexibility index (Phi) is 5.48. The number of para-hydroxylation sites is 1. The number of benzene rings is 2. The Bertz CT molecular complexity index is 1670. The van der Waals surface area contributed by atoms with E-state index in [9.17, 15) is 5.26 Å². The molecular formula is C28H22Cl2N6. The number of fused-ring (bicyclic) bond motifs is 2. The molecule has 0 radical (unpaired) electrons. The molecule has 1 aliphatic rings. The van der Waals surface area contributed by atoms with Gasteiger partial charge in [0.05, 0.1) is 32.7 Å². The maximum atomic E-state index is 9.63. The smallest absolute Gasteiger partial charge is 0.147 e. The van der Waals surface area contributed by atoms with Gasteiger partial charge in [-0.3, -0.25) is 0 Å².